The lowest BCUT2D eigenvalue weighted by Gasteiger charge is -2.32. The van der Waals surface area contributed by atoms with Crippen molar-refractivity contribution in [3.8, 4) is 0 Å². The third-order valence-electron chi connectivity index (χ3n) is 2.69. The van der Waals surface area contributed by atoms with Crippen molar-refractivity contribution in [1.82, 2.24) is 0 Å². The average molecular weight is 143 g/mol. The number of nitrogens with two attached hydrogens (primary N) is 1. The molecule has 0 spiro atoms. The van der Waals surface area contributed by atoms with Crippen LogP contribution in [0.2, 0.25) is 0 Å². The van der Waals surface area contributed by atoms with Gasteiger partial charge in [0.05, 0.1) is 0 Å². The highest BCUT2D eigenvalue weighted by Crippen LogP contribution is 2.27. The molecule has 0 bridgehead atoms. The van der Waals surface area contributed by atoms with Gasteiger partial charge in [-0.15, -0.1) is 0 Å². The van der Waals surface area contributed by atoms with E-state index in [1.807, 2.05) is 0 Å². The molecular formula is C8H17NO. The molecule has 1 saturated carbocycles. The lowest BCUT2D eigenvalue weighted by Crippen LogP contribution is -2.39. The normalized spacial score (nSPS) is 41.7. The molecule has 1 aliphatic carbocycles. The predicted octanol–water partition coefficient (Wildman–Crippen LogP) is 0.742. The average Bonchev–Trinajstić information content (AvgIpc) is 1.88. The van der Waals surface area contributed by atoms with Crippen molar-refractivity contribution in [2.45, 2.75) is 32.2 Å². The summed E-state index contributed by atoms with van der Waals surface area (Å²) in [5, 5.41) is 8.95. The fourth-order valence-electron chi connectivity index (χ4n) is 1.84. The minimum Gasteiger partial charge on any atom is -0.396 e. The van der Waals surface area contributed by atoms with Gasteiger partial charge in [-0.1, -0.05) is 19.8 Å². The van der Waals surface area contributed by atoms with Crippen LogP contribution in [0.25, 0.3) is 0 Å². The number of rotatable bonds is 1. The van der Waals surface area contributed by atoms with Gasteiger partial charge in [-0.05, 0) is 18.3 Å². The monoisotopic (exact) mass is 143 g/mol. The van der Waals surface area contributed by atoms with Crippen LogP contribution < -0.4 is 5.73 Å². The number of aliphatic hydroxyl groups is 1. The summed E-state index contributed by atoms with van der Waals surface area (Å²) in [7, 11) is 0. The Morgan fingerprint density at radius 3 is 2.60 bits per heavy atom. The van der Waals surface area contributed by atoms with Gasteiger partial charge in [0.2, 0.25) is 0 Å². The molecule has 2 nitrogen and oxygen atoms in total. The topological polar surface area (TPSA) is 46.2 Å². The number of aliphatic hydroxyl groups excluding tert-OH is 1. The van der Waals surface area contributed by atoms with E-state index in [4.69, 9.17) is 10.8 Å². The highest BCUT2D eigenvalue weighted by atomic mass is 16.3. The molecule has 0 aromatic carbocycles. The zero-order valence-corrected chi connectivity index (χ0v) is 6.59. The second-order valence-corrected chi connectivity index (χ2v) is 3.42. The van der Waals surface area contributed by atoms with Crippen LogP contribution in [0.15, 0.2) is 0 Å². The summed E-state index contributed by atoms with van der Waals surface area (Å²) in [6.07, 6.45) is 3.56. The Bertz CT molecular complexity index is 95.4. The van der Waals surface area contributed by atoms with E-state index in [9.17, 15) is 0 Å². The molecule has 2 heteroatoms. The molecule has 0 aromatic rings. The first kappa shape index (κ1) is 8.02. The van der Waals surface area contributed by atoms with Crippen LogP contribution in [-0.2, 0) is 0 Å². The van der Waals surface area contributed by atoms with Gasteiger partial charge in [0.25, 0.3) is 0 Å². The highest BCUT2D eigenvalue weighted by molar-refractivity contribution is 4.81. The molecule has 0 amide bonds. The molecule has 1 aliphatic rings. The van der Waals surface area contributed by atoms with Gasteiger partial charge < -0.3 is 10.8 Å². The summed E-state index contributed by atoms with van der Waals surface area (Å²) in [6.45, 7) is 2.45. The first-order valence-corrected chi connectivity index (χ1v) is 4.12. The SMILES string of the molecule is C[C@H]1CCC[C@H](N)[C@@H]1CO. The van der Waals surface area contributed by atoms with E-state index in [1.54, 1.807) is 0 Å². The van der Waals surface area contributed by atoms with Crippen molar-refractivity contribution in [2.24, 2.45) is 17.6 Å². The number of hydrogen-bond donors (Lipinski definition) is 2. The first-order chi connectivity index (χ1) is 4.75. The quantitative estimate of drug-likeness (QED) is 0.568. The van der Waals surface area contributed by atoms with Crippen LogP contribution >= 0.6 is 0 Å². The molecule has 3 atom stereocenters. The minimum atomic E-state index is 0.244. The van der Waals surface area contributed by atoms with Crippen LogP contribution in [0.3, 0.4) is 0 Å². The van der Waals surface area contributed by atoms with Gasteiger partial charge in [-0.25, -0.2) is 0 Å². The largest absolute Gasteiger partial charge is 0.396 e. The van der Waals surface area contributed by atoms with E-state index in [2.05, 4.69) is 6.92 Å². The van der Waals surface area contributed by atoms with Gasteiger partial charge in [0.1, 0.15) is 0 Å². The molecule has 0 aliphatic heterocycles. The molecule has 1 rings (SSSR count). The van der Waals surface area contributed by atoms with E-state index in [-0.39, 0.29) is 12.6 Å². The minimum absolute atomic E-state index is 0.244. The van der Waals surface area contributed by atoms with Crippen LogP contribution in [0.4, 0.5) is 0 Å². The molecule has 0 aromatic heterocycles. The highest BCUT2D eigenvalue weighted by Gasteiger charge is 2.26. The van der Waals surface area contributed by atoms with E-state index >= 15 is 0 Å². The maximum atomic E-state index is 8.95. The molecular weight excluding hydrogens is 126 g/mol. The maximum Gasteiger partial charge on any atom is 0.0476 e. The summed E-state index contributed by atoms with van der Waals surface area (Å²) >= 11 is 0. The van der Waals surface area contributed by atoms with Crippen molar-refractivity contribution >= 4 is 0 Å². The van der Waals surface area contributed by atoms with Crippen LogP contribution in [-0.4, -0.2) is 17.8 Å². The lowest BCUT2D eigenvalue weighted by atomic mass is 9.78. The van der Waals surface area contributed by atoms with Crippen molar-refractivity contribution in [3.63, 3.8) is 0 Å². The molecule has 0 unspecified atom stereocenters. The van der Waals surface area contributed by atoms with Gasteiger partial charge >= 0.3 is 0 Å². The third kappa shape index (κ3) is 1.50. The Hall–Kier alpha value is -0.0800. The molecule has 0 radical (unpaired) electrons. The van der Waals surface area contributed by atoms with Crippen LogP contribution in [0.5, 0.6) is 0 Å². The van der Waals surface area contributed by atoms with Gasteiger partial charge in [0.15, 0.2) is 0 Å². The fraction of sp³-hybridized carbons (Fsp3) is 1.00. The molecule has 3 N–H and O–H groups in total. The zero-order valence-electron chi connectivity index (χ0n) is 6.59. The smallest absolute Gasteiger partial charge is 0.0476 e. The van der Waals surface area contributed by atoms with Crippen molar-refractivity contribution in [1.29, 1.82) is 0 Å². The van der Waals surface area contributed by atoms with E-state index in [1.165, 1.54) is 12.8 Å². The molecule has 0 heterocycles. The molecule has 1 fully saturated rings. The summed E-state index contributed by atoms with van der Waals surface area (Å²) in [5.74, 6) is 0.975. The van der Waals surface area contributed by atoms with Gasteiger partial charge in [-0.3, -0.25) is 0 Å². The Morgan fingerprint density at radius 1 is 1.50 bits per heavy atom. The first-order valence-electron chi connectivity index (χ1n) is 4.12. The lowest BCUT2D eigenvalue weighted by molar-refractivity contribution is 0.125. The van der Waals surface area contributed by atoms with Crippen LogP contribution in [0.1, 0.15) is 26.2 Å². The standard InChI is InChI=1S/C8H17NO/c1-6-3-2-4-8(9)7(6)5-10/h6-8,10H,2-5,9H2,1H3/t6-,7+,8-/m0/s1. The van der Waals surface area contributed by atoms with Gasteiger partial charge in [0, 0.05) is 12.6 Å². The Labute approximate surface area is 62.4 Å². The summed E-state index contributed by atoms with van der Waals surface area (Å²) in [6, 6.07) is 0.244. The third-order valence-corrected chi connectivity index (χ3v) is 2.69. The molecule has 0 saturated heterocycles. The van der Waals surface area contributed by atoms with E-state index in [0.29, 0.717) is 11.8 Å². The number of hydrogen-bond acceptors (Lipinski definition) is 2. The fourth-order valence-corrected chi connectivity index (χ4v) is 1.84. The van der Waals surface area contributed by atoms with Crippen molar-refractivity contribution < 1.29 is 5.11 Å². The Morgan fingerprint density at radius 2 is 2.20 bits per heavy atom. The Kier molecular flexibility index (Phi) is 2.69. The Balaban J connectivity index is 2.45. The van der Waals surface area contributed by atoms with E-state index < -0.39 is 0 Å². The summed E-state index contributed by atoms with van der Waals surface area (Å²) in [5.41, 5.74) is 5.82. The van der Waals surface area contributed by atoms with E-state index in [0.717, 1.165) is 6.42 Å². The van der Waals surface area contributed by atoms with Crippen molar-refractivity contribution in [2.75, 3.05) is 6.61 Å². The zero-order chi connectivity index (χ0) is 7.56. The summed E-state index contributed by atoms with van der Waals surface area (Å²) in [4.78, 5) is 0. The second kappa shape index (κ2) is 3.35. The maximum absolute atomic E-state index is 8.95. The van der Waals surface area contributed by atoms with Crippen molar-refractivity contribution in [3.05, 3.63) is 0 Å². The molecule has 10 heavy (non-hydrogen) atoms. The summed E-state index contributed by atoms with van der Waals surface area (Å²) < 4.78 is 0. The molecule has 60 valence electrons. The van der Waals surface area contributed by atoms with Gasteiger partial charge in [-0.2, -0.15) is 0 Å². The van der Waals surface area contributed by atoms with Crippen LogP contribution in [0, 0.1) is 11.8 Å². The predicted molar refractivity (Wildman–Crippen MR) is 41.6 cm³/mol. The second-order valence-electron chi connectivity index (χ2n) is 3.42.